The van der Waals surface area contributed by atoms with Gasteiger partial charge in [-0.25, -0.2) is 4.98 Å². The van der Waals surface area contributed by atoms with Crippen LogP contribution in [0.2, 0.25) is 0 Å². The third-order valence-corrected chi connectivity index (χ3v) is 2.54. The Hall–Kier alpha value is -1.07. The first kappa shape index (κ1) is 12.0. The van der Waals surface area contributed by atoms with Crippen molar-refractivity contribution in [2.75, 3.05) is 19.4 Å². The van der Waals surface area contributed by atoms with E-state index < -0.39 is 0 Å². The molecule has 0 saturated heterocycles. The average molecular weight is 226 g/mol. The van der Waals surface area contributed by atoms with Crippen LogP contribution in [0.25, 0.3) is 0 Å². The average Bonchev–Trinajstić information content (AvgIpc) is 2.29. The summed E-state index contributed by atoms with van der Waals surface area (Å²) in [5.74, 6) is -0.138. The second-order valence-electron chi connectivity index (χ2n) is 2.89. The van der Waals surface area contributed by atoms with E-state index in [4.69, 9.17) is 5.11 Å². The minimum atomic E-state index is -0.138. The Morgan fingerprint density at radius 3 is 3.13 bits per heavy atom. The standard InChI is InChI=1S/C10H14N2O2S/c1-15-10-8(4-2-5-12-10)9(14)11-6-3-7-13/h2,4-5,13H,3,6-7H2,1H3,(H,11,14). The predicted octanol–water partition coefficient (Wildman–Crippen LogP) is 0.916. The topological polar surface area (TPSA) is 62.2 Å². The van der Waals surface area contributed by atoms with E-state index in [-0.39, 0.29) is 12.5 Å². The lowest BCUT2D eigenvalue weighted by atomic mass is 10.2. The Balaban J connectivity index is 2.64. The number of nitrogens with one attached hydrogen (secondary N) is 1. The molecule has 2 N–H and O–H groups in total. The lowest BCUT2D eigenvalue weighted by molar-refractivity contribution is 0.0947. The van der Waals surface area contributed by atoms with Crippen molar-refractivity contribution in [2.45, 2.75) is 11.4 Å². The maximum absolute atomic E-state index is 11.7. The normalized spacial score (nSPS) is 10.0. The molecule has 0 radical (unpaired) electrons. The molecule has 0 spiro atoms. The molecule has 1 amide bonds. The zero-order valence-corrected chi connectivity index (χ0v) is 9.38. The van der Waals surface area contributed by atoms with Crippen LogP contribution in [0.1, 0.15) is 16.8 Å². The molecule has 82 valence electrons. The molecule has 0 aliphatic rings. The quantitative estimate of drug-likeness (QED) is 0.579. The van der Waals surface area contributed by atoms with Gasteiger partial charge in [-0.05, 0) is 24.8 Å². The van der Waals surface area contributed by atoms with Gasteiger partial charge in [-0.2, -0.15) is 0 Å². The van der Waals surface area contributed by atoms with E-state index in [0.29, 0.717) is 18.5 Å². The Morgan fingerprint density at radius 2 is 2.47 bits per heavy atom. The van der Waals surface area contributed by atoms with E-state index in [9.17, 15) is 4.79 Å². The highest BCUT2D eigenvalue weighted by atomic mass is 32.2. The van der Waals surface area contributed by atoms with Gasteiger partial charge in [0.15, 0.2) is 0 Å². The number of thioether (sulfide) groups is 1. The van der Waals surface area contributed by atoms with Gasteiger partial charge in [-0.1, -0.05) is 0 Å². The lowest BCUT2D eigenvalue weighted by Crippen LogP contribution is -2.25. The summed E-state index contributed by atoms with van der Waals surface area (Å²) in [5.41, 5.74) is 0.586. The molecule has 0 fully saturated rings. The second kappa shape index (κ2) is 6.42. The van der Waals surface area contributed by atoms with Crippen molar-refractivity contribution in [2.24, 2.45) is 0 Å². The molecule has 0 aromatic carbocycles. The number of aliphatic hydroxyl groups excluding tert-OH is 1. The van der Waals surface area contributed by atoms with E-state index >= 15 is 0 Å². The number of rotatable bonds is 5. The number of hydrogen-bond donors (Lipinski definition) is 2. The number of pyridine rings is 1. The number of aromatic nitrogens is 1. The number of carbonyl (C=O) groups is 1. The van der Waals surface area contributed by atoms with E-state index in [2.05, 4.69) is 10.3 Å². The molecule has 0 aliphatic carbocycles. The maximum Gasteiger partial charge on any atom is 0.254 e. The largest absolute Gasteiger partial charge is 0.396 e. The van der Waals surface area contributed by atoms with Crippen molar-refractivity contribution < 1.29 is 9.90 Å². The number of nitrogens with zero attached hydrogens (tertiary/aromatic N) is 1. The summed E-state index contributed by atoms with van der Waals surface area (Å²) in [6.07, 6.45) is 4.11. The summed E-state index contributed by atoms with van der Waals surface area (Å²) in [6, 6.07) is 3.48. The van der Waals surface area contributed by atoms with Crippen LogP contribution in [0.15, 0.2) is 23.4 Å². The highest BCUT2D eigenvalue weighted by molar-refractivity contribution is 7.98. The minimum Gasteiger partial charge on any atom is -0.396 e. The first-order valence-corrected chi connectivity index (χ1v) is 5.90. The fraction of sp³-hybridized carbons (Fsp3) is 0.400. The molecule has 0 unspecified atom stereocenters. The van der Waals surface area contributed by atoms with Gasteiger partial charge in [-0.3, -0.25) is 4.79 Å². The summed E-state index contributed by atoms with van der Waals surface area (Å²) in [4.78, 5) is 15.8. The van der Waals surface area contributed by atoms with Crippen LogP contribution in [-0.4, -0.2) is 35.4 Å². The van der Waals surface area contributed by atoms with Crippen LogP contribution in [0.3, 0.4) is 0 Å². The molecule has 1 rings (SSSR count). The minimum absolute atomic E-state index is 0.0860. The molecule has 0 bridgehead atoms. The van der Waals surface area contributed by atoms with Gasteiger partial charge >= 0.3 is 0 Å². The number of amides is 1. The molecule has 1 aromatic heterocycles. The van der Waals surface area contributed by atoms with Crippen molar-refractivity contribution in [3.8, 4) is 0 Å². The Bertz CT molecular complexity index is 331. The van der Waals surface area contributed by atoms with Gasteiger partial charge < -0.3 is 10.4 Å². The Kier molecular flexibility index (Phi) is 5.14. The van der Waals surface area contributed by atoms with Crippen molar-refractivity contribution in [1.82, 2.24) is 10.3 Å². The van der Waals surface area contributed by atoms with Gasteiger partial charge in [0.05, 0.1) is 5.56 Å². The number of hydrogen-bond acceptors (Lipinski definition) is 4. The van der Waals surface area contributed by atoms with Crippen LogP contribution < -0.4 is 5.32 Å². The predicted molar refractivity (Wildman–Crippen MR) is 60.1 cm³/mol. The Morgan fingerprint density at radius 1 is 1.67 bits per heavy atom. The molecular formula is C10H14N2O2S. The summed E-state index contributed by atoms with van der Waals surface area (Å²) >= 11 is 1.44. The zero-order valence-electron chi connectivity index (χ0n) is 8.56. The van der Waals surface area contributed by atoms with Crippen molar-refractivity contribution in [3.05, 3.63) is 23.9 Å². The second-order valence-corrected chi connectivity index (χ2v) is 3.69. The van der Waals surface area contributed by atoms with E-state index in [1.54, 1.807) is 18.3 Å². The van der Waals surface area contributed by atoms with Gasteiger partial charge in [0.1, 0.15) is 5.03 Å². The third kappa shape index (κ3) is 3.53. The van der Waals surface area contributed by atoms with E-state index in [0.717, 1.165) is 5.03 Å². The highest BCUT2D eigenvalue weighted by Gasteiger charge is 2.10. The van der Waals surface area contributed by atoms with Crippen LogP contribution in [0, 0.1) is 0 Å². The highest BCUT2D eigenvalue weighted by Crippen LogP contribution is 2.16. The third-order valence-electron chi connectivity index (χ3n) is 1.83. The fourth-order valence-electron chi connectivity index (χ4n) is 1.10. The molecule has 5 heteroatoms. The molecule has 1 heterocycles. The molecule has 1 aromatic rings. The van der Waals surface area contributed by atoms with Gasteiger partial charge in [0.25, 0.3) is 5.91 Å². The molecular weight excluding hydrogens is 212 g/mol. The molecule has 15 heavy (non-hydrogen) atoms. The lowest BCUT2D eigenvalue weighted by Gasteiger charge is -2.06. The summed E-state index contributed by atoms with van der Waals surface area (Å²) in [5, 5.41) is 12.0. The van der Waals surface area contributed by atoms with Gasteiger partial charge in [0, 0.05) is 19.3 Å². The van der Waals surface area contributed by atoms with Crippen LogP contribution >= 0.6 is 11.8 Å². The molecule has 4 nitrogen and oxygen atoms in total. The molecule has 0 saturated carbocycles. The van der Waals surface area contributed by atoms with Crippen molar-refractivity contribution in [1.29, 1.82) is 0 Å². The van der Waals surface area contributed by atoms with Crippen molar-refractivity contribution >= 4 is 17.7 Å². The Labute approximate surface area is 93.1 Å². The first-order valence-electron chi connectivity index (χ1n) is 4.67. The zero-order chi connectivity index (χ0) is 11.1. The SMILES string of the molecule is CSc1ncccc1C(=O)NCCCO. The molecule has 0 aliphatic heterocycles. The summed E-state index contributed by atoms with van der Waals surface area (Å²) in [7, 11) is 0. The first-order chi connectivity index (χ1) is 7.29. The van der Waals surface area contributed by atoms with Gasteiger partial charge in [0.2, 0.25) is 0 Å². The maximum atomic E-state index is 11.7. The van der Waals surface area contributed by atoms with E-state index in [1.807, 2.05) is 6.26 Å². The monoisotopic (exact) mass is 226 g/mol. The van der Waals surface area contributed by atoms with Crippen LogP contribution in [0.4, 0.5) is 0 Å². The summed E-state index contributed by atoms with van der Waals surface area (Å²) in [6.45, 7) is 0.570. The molecule has 0 atom stereocenters. The smallest absolute Gasteiger partial charge is 0.254 e. The van der Waals surface area contributed by atoms with Crippen molar-refractivity contribution in [3.63, 3.8) is 0 Å². The summed E-state index contributed by atoms with van der Waals surface area (Å²) < 4.78 is 0. The number of aliphatic hydroxyl groups is 1. The number of carbonyl (C=O) groups excluding carboxylic acids is 1. The fourth-order valence-corrected chi connectivity index (χ4v) is 1.65. The van der Waals surface area contributed by atoms with Gasteiger partial charge in [-0.15, -0.1) is 11.8 Å². The van der Waals surface area contributed by atoms with Crippen LogP contribution in [-0.2, 0) is 0 Å². The van der Waals surface area contributed by atoms with Crippen LogP contribution in [0.5, 0.6) is 0 Å². The van der Waals surface area contributed by atoms with E-state index in [1.165, 1.54) is 11.8 Å².